The van der Waals surface area contributed by atoms with E-state index in [1.54, 1.807) is 19.9 Å². The van der Waals surface area contributed by atoms with Gasteiger partial charge in [-0.1, -0.05) is 43.7 Å². The Kier molecular flexibility index (Phi) is 7.71. The maximum Gasteiger partial charge on any atom is 0.266 e. The third-order valence-electron chi connectivity index (χ3n) is 5.08. The van der Waals surface area contributed by atoms with Crippen LogP contribution in [0.25, 0.3) is 11.1 Å². The van der Waals surface area contributed by atoms with Gasteiger partial charge in [0.05, 0.1) is 22.1 Å². The summed E-state index contributed by atoms with van der Waals surface area (Å²) in [5.41, 5.74) is 3.25. The molecule has 32 heavy (non-hydrogen) atoms. The van der Waals surface area contributed by atoms with Gasteiger partial charge in [-0.25, -0.2) is 8.42 Å². The van der Waals surface area contributed by atoms with Crippen LogP contribution < -0.4 is 10.1 Å². The second-order valence-corrected chi connectivity index (χ2v) is 10.0. The molecule has 0 bridgehead atoms. The molecule has 0 aliphatic rings. The van der Waals surface area contributed by atoms with Gasteiger partial charge in [-0.15, -0.1) is 11.3 Å². The van der Waals surface area contributed by atoms with Crippen LogP contribution >= 0.6 is 11.3 Å². The van der Waals surface area contributed by atoms with Crippen molar-refractivity contribution in [2.45, 2.75) is 32.6 Å². The molecule has 0 atom stereocenters. The van der Waals surface area contributed by atoms with Crippen molar-refractivity contribution in [3.05, 3.63) is 64.4 Å². The molecule has 3 aromatic rings. The van der Waals surface area contributed by atoms with E-state index in [1.165, 1.54) is 27.8 Å². The molecule has 0 saturated heterocycles. The lowest BCUT2D eigenvalue weighted by molar-refractivity contribution is 0.103. The average Bonchev–Trinajstić information content (AvgIpc) is 3.26. The summed E-state index contributed by atoms with van der Waals surface area (Å²) >= 11 is 1.34. The topological polar surface area (TPSA) is 75.7 Å². The van der Waals surface area contributed by atoms with E-state index in [9.17, 15) is 13.2 Å². The van der Waals surface area contributed by atoms with Crippen molar-refractivity contribution in [2.75, 3.05) is 25.0 Å². The van der Waals surface area contributed by atoms with E-state index in [-0.39, 0.29) is 10.8 Å². The van der Waals surface area contributed by atoms with Crippen molar-refractivity contribution in [3.63, 3.8) is 0 Å². The van der Waals surface area contributed by atoms with Crippen molar-refractivity contribution in [1.82, 2.24) is 4.31 Å². The normalized spacial score (nSPS) is 11.5. The number of ether oxygens (including phenoxy) is 1. The van der Waals surface area contributed by atoms with Crippen molar-refractivity contribution >= 4 is 33.0 Å². The summed E-state index contributed by atoms with van der Waals surface area (Å²) in [5.74, 6) is 0.113. The molecule has 2 aromatic carbocycles. The lowest BCUT2D eigenvalue weighted by atomic mass is 10.0. The summed E-state index contributed by atoms with van der Waals surface area (Å²) in [6.45, 7) is 8.55. The van der Waals surface area contributed by atoms with Crippen LogP contribution in [0.2, 0.25) is 0 Å². The van der Waals surface area contributed by atoms with Gasteiger partial charge in [-0.2, -0.15) is 4.31 Å². The molecule has 1 amide bonds. The molecular weight excluding hydrogens is 444 g/mol. The van der Waals surface area contributed by atoms with Gasteiger partial charge >= 0.3 is 0 Å². The zero-order valence-electron chi connectivity index (χ0n) is 18.7. The Bertz CT molecular complexity index is 1180. The Hall–Kier alpha value is -2.68. The zero-order chi connectivity index (χ0) is 23.3. The fourth-order valence-electron chi connectivity index (χ4n) is 3.39. The Morgan fingerprint density at radius 1 is 1.03 bits per heavy atom. The number of thiophene rings is 1. The van der Waals surface area contributed by atoms with Crippen LogP contribution in [-0.2, 0) is 10.0 Å². The molecule has 8 heteroatoms. The predicted octanol–water partition coefficient (Wildman–Crippen LogP) is 5.41. The standard InChI is InChI=1S/C24H28N2O4S2/c1-5-26(6-2)32(28,29)19-12-13-22(30-7-3)21(16-19)25-24(27)23-20(14-15-31-23)18-10-8-17(4)9-11-18/h8-16H,5-7H2,1-4H3,(H,25,27). The maximum absolute atomic E-state index is 13.2. The van der Waals surface area contributed by atoms with Crippen LogP contribution in [0.1, 0.15) is 36.0 Å². The highest BCUT2D eigenvalue weighted by molar-refractivity contribution is 7.89. The highest BCUT2D eigenvalue weighted by Gasteiger charge is 2.24. The number of carbonyl (C=O) groups excluding carboxylic acids is 1. The van der Waals surface area contributed by atoms with Gasteiger partial charge in [-0.3, -0.25) is 4.79 Å². The molecule has 0 aliphatic carbocycles. The van der Waals surface area contributed by atoms with Gasteiger partial charge in [0, 0.05) is 18.7 Å². The van der Waals surface area contributed by atoms with E-state index in [0.29, 0.717) is 36.0 Å². The third kappa shape index (κ3) is 5.03. The van der Waals surface area contributed by atoms with Crippen LogP contribution in [0.5, 0.6) is 5.75 Å². The number of aryl methyl sites for hydroxylation is 1. The molecule has 0 unspecified atom stereocenters. The average molecular weight is 473 g/mol. The van der Waals surface area contributed by atoms with E-state index in [4.69, 9.17) is 4.74 Å². The fourth-order valence-corrected chi connectivity index (χ4v) is 5.68. The molecule has 0 aliphatic heterocycles. The lowest BCUT2D eigenvalue weighted by Gasteiger charge is -2.20. The Labute approximate surface area is 193 Å². The third-order valence-corrected chi connectivity index (χ3v) is 8.04. The second-order valence-electron chi connectivity index (χ2n) is 7.16. The number of amides is 1. The first-order chi connectivity index (χ1) is 15.3. The molecule has 1 heterocycles. The molecule has 0 saturated carbocycles. The molecule has 1 aromatic heterocycles. The molecule has 0 radical (unpaired) electrons. The van der Waals surface area contributed by atoms with Gasteiger partial charge in [0.15, 0.2) is 0 Å². The molecule has 0 spiro atoms. The van der Waals surface area contributed by atoms with Crippen LogP contribution in [-0.4, -0.2) is 38.3 Å². The van der Waals surface area contributed by atoms with Crippen molar-refractivity contribution in [3.8, 4) is 16.9 Å². The van der Waals surface area contributed by atoms with Crippen molar-refractivity contribution in [2.24, 2.45) is 0 Å². The van der Waals surface area contributed by atoms with Crippen LogP contribution in [0, 0.1) is 6.92 Å². The van der Waals surface area contributed by atoms with Crippen LogP contribution in [0.3, 0.4) is 0 Å². The number of carbonyl (C=O) groups is 1. The molecule has 6 nitrogen and oxygen atoms in total. The summed E-state index contributed by atoms with van der Waals surface area (Å²) in [5, 5.41) is 4.74. The van der Waals surface area contributed by atoms with E-state index < -0.39 is 10.0 Å². The Balaban J connectivity index is 1.97. The second kappa shape index (κ2) is 10.3. The highest BCUT2D eigenvalue weighted by Crippen LogP contribution is 2.33. The number of nitrogens with one attached hydrogen (secondary N) is 1. The van der Waals surface area contributed by atoms with Crippen LogP contribution in [0.4, 0.5) is 5.69 Å². The van der Waals surface area contributed by atoms with Gasteiger partial charge in [0.25, 0.3) is 5.91 Å². The minimum absolute atomic E-state index is 0.116. The lowest BCUT2D eigenvalue weighted by Crippen LogP contribution is -2.30. The van der Waals surface area contributed by atoms with Crippen molar-refractivity contribution < 1.29 is 17.9 Å². The van der Waals surface area contributed by atoms with Crippen molar-refractivity contribution in [1.29, 1.82) is 0 Å². The van der Waals surface area contributed by atoms with Gasteiger partial charge in [0.1, 0.15) is 5.75 Å². The number of anilines is 1. The molecule has 170 valence electrons. The fraction of sp³-hybridized carbons (Fsp3) is 0.292. The molecule has 3 rings (SSSR count). The number of sulfonamides is 1. The minimum atomic E-state index is -3.67. The van der Waals surface area contributed by atoms with Gasteiger partial charge in [0.2, 0.25) is 10.0 Å². The summed E-state index contributed by atoms with van der Waals surface area (Å²) in [6, 6.07) is 14.5. The van der Waals surface area contributed by atoms with E-state index in [1.807, 2.05) is 49.6 Å². The number of rotatable bonds is 9. The van der Waals surface area contributed by atoms with Crippen LogP contribution in [0.15, 0.2) is 58.8 Å². The summed E-state index contributed by atoms with van der Waals surface area (Å²) in [4.78, 5) is 13.8. The number of hydrogen-bond donors (Lipinski definition) is 1. The number of hydrogen-bond acceptors (Lipinski definition) is 5. The highest BCUT2D eigenvalue weighted by atomic mass is 32.2. The SMILES string of the molecule is CCOc1ccc(S(=O)(=O)N(CC)CC)cc1NC(=O)c1sccc1-c1ccc(C)cc1. The number of nitrogens with zero attached hydrogens (tertiary/aromatic N) is 1. The molecule has 0 fully saturated rings. The largest absolute Gasteiger partial charge is 0.492 e. The maximum atomic E-state index is 13.2. The zero-order valence-corrected chi connectivity index (χ0v) is 20.3. The summed E-state index contributed by atoms with van der Waals surface area (Å²) in [7, 11) is -3.67. The van der Waals surface area contributed by atoms with E-state index >= 15 is 0 Å². The monoisotopic (exact) mass is 472 g/mol. The number of benzene rings is 2. The molecule has 1 N–H and O–H groups in total. The first-order valence-corrected chi connectivity index (χ1v) is 12.9. The Morgan fingerprint density at radius 3 is 2.34 bits per heavy atom. The molecular formula is C24H28N2O4S2. The smallest absolute Gasteiger partial charge is 0.266 e. The van der Waals surface area contributed by atoms with E-state index in [0.717, 1.165) is 16.7 Å². The summed E-state index contributed by atoms with van der Waals surface area (Å²) in [6.07, 6.45) is 0. The first kappa shape index (κ1) is 24.0. The minimum Gasteiger partial charge on any atom is -0.492 e. The predicted molar refractivity (Wildman–Crippen MR) is 130 cm³/mol. The summed E-state index contributed by atoms with van der Waals surface area (Å²) < 4.78 is 33.0. The van der Waals surface area contributed by atoms with Gasteiger partial charge in [-0.05, 0) is 49.1 Å². The Morgan fingerprint density at radius 2 is 1.72 bits per heavy atom. The van der Waals surface area contributed by atoms with E-state index in [2.05, 4.69) is 5.32 Å². The quantitative estimate of drug-likeness (QED) is 0.452. The first-order valence-electron chi connectivity index (χ1n) is 10.5. The van der Waals surface area contributed by atoms with Gasteiger partial charge < -0.3 is 10.1 Å².